The summed E-state index contributed by atoms with van der Waals surface area (Å²) in [5, 5.41) is 9.03. The Kier molecular flexibility index (Phi) is 2.73. The van der Waals surface area contributed by atoms with Gasteiger partial charge in [-0.15, -0.1) is 10.2 Å². The molecule has 4 rings (SSSR count). The van der Waals surface area contributed by atoms with Crippen LogP contribution in [0, 0.1) is 0 Å². The van der Waals surface area contributed by atoms with Crippen LogP contribution in [0.15, 0.2) is 28.5 Å². The lowest BCUT2D eigenvalue weighted by atomic mass is 10.1. The van der Waals surface area contributed by atoms with Gasteiger partial charge in [-0.05, 0) is 18.9 Å². The van der Waals surface area contributed by atoms with Crippen LogP contribution in [0.3, 0.4) is 0 Å². The molecular weight excluding hydrogens is 276 g/mol. The van der Waals surface area contributed by atoms with Crippen molar-refractivity contribution in [1.82, 2.24) is 15.1 Å². The molecule has 104 valence electrons. The van der Waals surface area contributed by atoms with Crippen molar-refractivity contribution in [1.29, 1.82) is 0 Å². The molecular formula is C13H14N4O2S. The van der Waals surface area contributed by atoms with Crippen LogP contribution < -0.4 is 4.90 Å². The van der Waals surface area contributed by atoms with E-state index in [1.807, 2.05) is 4.90 Å². The van der Waals surface area contributed by atoms with Crippen LogP contribution in [0.25, 0.3) is 0 Å². The van der Waals surface area contributed by atoms with Gasteiger partial charge in [0.15, 0.2) is 0 Å². The SMILES string of the molecule is O=C(c1ccoc1)N1CC[C@@H]2[C@@H]1CCN2c1nncs1. The molecule has 0 bridgehead atoms. The van der Waals surface area contributed by atoms with Gasteiger partial charge in [-0.25, -0.2) is 0 Å². The minimum absolute atomic E-state index is 0.0744. The summed E-state index contributed by atoms with van der Waals surface area (Å²) in [5.74, 6) is 0.0744. The molecule has 20 heavy (non-hydrogen) atoms. The van der Waals surface area contributed by atoms with E-state index in [-0.39, 0.29) is 11.9 Å². The Morgan fingerprint density at radius 2 is 2.25 bits per heavy atom. The smallest absolute Gasteiger partial charge is 0.257 e. The van der Waals surface area contributed by atoms with E-state index in [1.165, 1.54) is 6.26 Å². The summed E-state index contributed by atoms with van der Waals surface area (Å²) in [4.78, 5) is 16.7. The summed E-state index contributed by atoms with van der Waals surface area (Å²) in [5.41, 5.74) is 2.39. The van der Waals surface area contributed by atoms with Crippen molar-refractivity contribution >= 4 is 22.4 Å². The zero-order chi connectivity index (χ0) is 13.5. The average molecular weight is 290 g/mol. The fourth-order valence-electron chi connectivity index (χ4n) is 3.32. The lowest BCUT2D eigenvalue weighted by Gasteiger charge is -2.24. The first kappa shape index (κ1) is 11.9. The van der Waals surface area contributed by atoms with Gasteiger partial charge in [0.1, 0.15) is 11.8 Å². The van der Waals surface area contributed by atoms with Crippen LogP contribution in [0.1, 0.15) is 23.2 Å². The zero-order valence-corrected chi connectivity index (χ0v) is 11.6. The predicted octanol–water partition coefficient (Wildman–Crippen LogP) is 1.62. The first-order valence-electron chi connectivity index (χ1n) is 6.70. The third kappa shape index (κ3) is 1.73. The number of fused-ring (bicyclic) bond motifs is 1. The number of aromatic nitrogens is 2. The molecule has 0 spiro atoms. The number of hydrogen-bond acceptors (Lipinski definition) is 6. The van der Waals surface area contributed by atoms with Gasteiger partial charge in [0, 0.05) is 13.1 Å². The van der Waals surface area contributed by atoms with E-state index in [0.29, 0.717) is 11.6 Å². The topological polar surface area (TPSA) is 62.5 Å². The van der Waals surface area contributed by atoms with Gasteiger partial charge in [-0.3, -0.25) is 4.79 Å². The first-order valence-corrected chi connectivity index (χ1v) is 7.58. The van der Waals surface area contributed by atoms with Crippen molar-refractivity contribution < 1.29 is 9.21 Å². The Hall–Kier alpha value is -1.89. The van der Waals surface area contributed by atoms with Crippen molar-refractivity contribution in [3.63, 3.8) is 0 Å². The highest BCUT2D eigenvalue weighted by Gasteiger charge is 2.45. The Balaban J connectivity index is 1.55. The number of amides is 1. The van der Waals surface area contributed by atoms with Gasteiger partial charge < -0.3 is 14.2 Å². The van der Waals surface area contributed by atoms with Crippen molar-refractivity contribution in [2.45, 2.75) is 24.9 Å². The summed E-state index contributed by atoms with van der Waals surface area (Å²) in [6, 6.07) is 2.38. The largest absolute Gasteiger partial charge is 0.472 e. The molecule has 1 amide bonds. The van der Waals surface area contributed by atoms with E-state index in [4.69, 9.17) is 4.42 Å². The Morgan fingerprint density at radius 3 is 3.00 bits per heavy atom. The molecule has 2 atom stereocenters. The molecule has 2 saturated heterocycles. The third-order valence-electron chi connectivity index (χ3n) is 4.20. The van der Waals surface area contributed by atoms with Crippen molar-refractivity contribution in [2.24, 2.45) is 0 Å². The first-order chi connectivity index (χ1) is 9.84. The number of nitrogens with zero attached hydrogens (tertiary/aromatic N) is 4. The molecule has 0 saturated carbocycles. The van der Waals surface area contributed by atoms with Gasteiger partial charge in [0.2, 0.25) is 5.13 Å². The van der Waals surface area contributed by atoms with Crippen LogP contribution >= 0.6 is 11.3 Å². The van der Waals surface area contributed by atoms with Gasteiger partial charge in [-0.2, -0.15) is 0 Å². The Bertz CT molecular complexity index is 598. The summed E-state index contributed by atoms with van der Waals surface area (Å²) in [6.07, 6.45) is 5.05. The van der Waals surface area contributed by atoms with Gasteiger partial charge in [0.05, 0.1) is 23.9 Å². The number of likely N-dealkylation sites (tertiary alicyclic amines) is 1. The minimum Gasteiger partial charge on any atom is -0.472 e. The molecule has 7 heteroatoms. The summed E-state index contributed by atoms with van der Waals surface area (Å²) >= 11 is 1.56. The van der Waals surface area contributed by atoms with Gasteiger partial charge >= 0.3 is 0 Å². The number of rotatable bonds is 2. The minimum atomic E-state index is 0.0744. The van der Waals surface area contributed by atoms with E-state index < -0.39 is 0 Å². The highest BCUT2D eigenvalue weighted by atomic mass is 32.1. The number of furan rings is 1. The maximum absolute atomic E-state index is 12.5. The summed E-state index contributed by atoms with van der Waals surface area (Å²) in [7, 11) is 0. The maximum Gasteiger partial charge on any atom is 0.257 e. The summed E-state index contributed by atoms with van der Waals surface area (Å²) < 4.78 is 5.01. The molecule has 0 aliphatic carbocycles. The molecule has 2 aromatic heterocycles. The zero-order valence-electron chi connectivity index (χ0n) is 10.8. The van der Waals surface area contributed by atoms with E-state index in [2.05, 4.69) is 15.1 Å². The lowest BCUT2D eigenvalue weighted by Crippen LogP contribution is -2.39. The molecule has 2 aliphatic rings. The monoisotopic (exact) mass is 290 g/mol. The quantitative estimate of drug-likeness (QED) is 0.841. The molecule has 0 aromatic carbocycles. The molecule has 6 nitrogen and oxygen atoms in total. The van der Waals surface area contributed by atoms with Crippen LogP contribution in [0.4, 0.5) is 5.13 Å². The van der Waals surface area contributed by atoms with Crippen LogP contribution in [0.5, 0.6) is 0 Å². The molecule has 0 unspecified atom stereocenters. The van der Waals surface area contributed by atoms with Crippen LogP contribution in [-0.4, -0.2) is 46.2 Å². The standard InChI is InChI=1S/C13H14N4O2S/c18-12(9-3-6-19-7-9)16-4-1-11-10(16)2-5-17(11)13-15-14-8-20-13/h3,6-8,10-11H,1-2,4-5H2/t10-,11+/m0/s1. The lowest BCUT2D eigenvalue weighted by molar-refractivity contribution is 0.0737. The highest BCUT2D eigenvalue weighted by Crippen LogP contribution is 2.36. The highest BCUT2D eigenvalue weighted by molar-refractivity contribution is 7.13. The molecule has 2 fully saturated rings. The third-order valence-corrected chi connectivity index (χ3v) is 4.93. The number of hydrogen-bond donors (Lipinski definition) is 0. The van der Waals surface area contributed by atoms with E-state index >= 15 is 0 Å². The van der Waals surface area contributed by atoms with E-state index in [1.54, 1.807) is 29.2 Å². The molecule has 2 aliphatic heterocycles. The Morgan fingerprint density at radius 1 is 1.35 bits per heavy atom. The van der Waals surface area contributed by atoms with Gasteiger partial charge in [-0.1, -0.05) is 11.3 Å². The predicted molar refractivity (Wildman–Crippen MR) is 73.8 cm³/mol. The van der Waals surface area contributed by atoms with Gasteiger partial charge in [0.25, 0.3) is 5.91 Å². The van der Waals surface area contributed by atoms with Crippen molar-refractivity contribution in [3.05, 3.63) is 29.7 Å². The van der Waals surface area contributed by atoms with E-state index in [0.717, 1.165) is 31.1 Å². The normalized spacial score (nSPS) is 25.2. The Labute approximate surface area is 120 Å². The molecule has 0 N–H and O–H groups in total. The molecule has 0 radical (unpaired) electrons. The molecule has 4 heterocycles. The number of carbonyl (C=O) groups excluding carboxylic acids is 1. The van der Waals surface area contributed by atoms with E-state index in [9.17, 15) is 4.79 Å². The van der Waals surface area contributed by atoms with Crippen LogP contribution in [0.2, 0.25) is 0 Å². The fraction of sp³-hybridized carbons (Fsp3) is 0.462. The average Bonchev–Trinajstić information content (AvgIpc) is 3.21. The fourth-order valence-corrected chi connectivity index (χ4v) is 3.97. The second kappa shape index (κ2) is 4.59. The van der Waals surface area contributed by atoms with Crippen molar-refractivity contribution in [3.8, 4) is 0 Å². The second-order valence-electron chi connectivity index (χ2n) is 5.14. The number of anilines is 1. The second-order valence-corrected chi connectivity index (χ2v) is 5.95. The molecule has 2 aromatic rings. The van der Waals surface area contributed by atoms with Crippen LogP contribution in [-0.2, 0) is 0 Å². The summed E-state index contributed by atoms with van der Waals surface area (Å²) in [6.45, 7) is 1.74. The van der Waals surface area contributed by atoms with Crippen molar-refractivity contribution in [2.75, 3.05) is 18.0 Å². The maximum atomic E-state index is 12.5. The number of carbonyl (C=O) groups is 1.